The predicted molar refractivity (Wildman–Crippen MR) is 133 cm³/mol. The maximum Gasteiger partial charge on any atom is 0.241 e. The molecule has 0 unspecified atom stereocenters. The summed E-state index contributed by atoms with van der Waals surface area (Å²) in [6.45, 7) is 2.15. The van der Waals surface area contributed by atoms with Gasteiger partial charge in [-0.25, -0.2) is 0 Å². The van der Waals surface area contributed by atoms with E-state index in [1.54, 1.807) is 14.2 Å². The van der Waals surface area contributed by atoms with E-state index >= 15 is 0 Å². The summed E-state index contributed by atoms with van der Waals surface area (Å²) < 4.78 is 16.1. The Kier molecular flexibility index (Phi) is 6.63. The van der Waals surface area contributed by atoms with E-state index in [1.165, 1.54) is 0 Å². The molecule has 5 rings (SSSR count). The molecular weight excluding hydrogens is 444 g/mol. The molecule has 1 aromatic heterocycles. The molecule has 4 aromatic rings. The van der Waals surface area contributed by atoms with E-state index < -0.39 is 0 Å². The lowest BCUT2D eigenvalue weighted by Gasteiger charge is -2.30. The quantitative estimate of drug-likeness (QED) is 0.415. The predicted octanol–water partition coefficient (Wildman–Crippen LogP) is 4.76. The lowest BCUT2D eigenvalue weighted by molar-refractivity contribution is -0.121. The van der Waals surface area contributed by atoms with Crippen LogP contribution in [0.5, 0.6) is 11.5 Å². The van der Waals surface area contributed by atoms with Gasteiger partial charge in [0.1, 0.15) is 0 Å². The van der Waals surface area contributed by atoms with Gasteiger partial charge < -0.3 is 19.3 Å². The fraction of sp³-hybridized carbons (Fsp3) is 0.296. The third kappa shape index (κ3) is 5.12. The van der Waals surface area contributed by atoms with Crippen molar-refractivity contribution in [2.24, 2.45) is 5.92 Å². The molecule has 2 heterocycles. The van der Waals surface area contributed by atoms with Gasteiger partial charge in [-0.2, -0.15) is 4.98 Å². The summed E-state index contributed by atoms with van der Waals surface area (Å²) in [5.74, 6) is 2.38. The number of benzene rings is 3. The van der Waals surface area contributed by atoms with Crippen LogP contribution in [0.3, 0.4) is 0 Å². The molecule has 8 nitrogen and oxygen atoms in total. The molecule has 3 aromatic carbocycles. The van der Waals surface area contributed by atoms with E-state index in [9.17, 15) is 4.79 Å². The van der Waals surface area contributed by atoms with E-state index in [4.69, 9.17) is 14.0 Å². The first-order valence-corrected chi connectivity index (χ1v) is 11.7. The maximum atomic E-state index is 12.8. The van der Waals surface area contributed by atoms with Gasteiger partial charge in [-0.05, 0) is 67.0 Å². The van der Waals surface area contributed by atoms with Gasteiger partial charge in [-0.1, -0.05) is 35.5 Å². The van der Waals surface area contributed by atoms with Crippen LogP contribution in [0, 0.1) is 5.92 Å². The molecule has 1 amide bonds. The minimum atomic E-state index is -0.0114. The van der Waals surface area contributed by atoms with Crippen molar-refractivity contribution in [3.63, 3.8) is 0 Å². The Labute approximate surface area is 203 Å². The number of nitrogens with one attached hydrogen (secondary N) is 1. The molecular formula is C27H28N4O4. The van der Waals surface area contributed by atoms with E-state index in [0.29, 0.717) is 29.8 Å². The lowest BCUT2D eigenvalue weighted by Crippen LogP contribution is -2.37. The van der Waals surface area contributed by atoms with E-state index in [1.807, 2.05) is 48.5 Å². The topological polar surface area (TPSA) is 89.7 Å². The number of methoxy groups -OCH3 is 2. The zero-order chi connectivity index (χ0) is 24.2. The molecule has 1 N–H and O–H groups in total. The number of carbonyl (C=O) groups is 1. The fourth-order valence-corrected chi connectivity index (χ4v) is 4.47. The highest BCUT2D eigenvalue weighted by Gasteiger charge is 2.26. The summed E-state index contributed by atoms with van der Waals surface area (Å²) in [5.41, 5.74) is 1.63. The molecule has 0 aliphatic carbocycles. The number of likely N-dealkylation sites (tertiary alicyclic amines) is 1. The summed E-state index contributed by atoms with van der Waals surface area (Å²) in [6.07, 6.45) is 1.58. The Morgan fingerprint density at radius 3 is 2.54 bits per heavy atom. The second-order valence-electron chi connectivity index (χ2n) is 8.68. The maximum absolute atomic E-state index is 12.8. The number of nitrogens with zero attached hydrogens (tertiary/aromatic N) is 3. The number of rotatable bonds is 7. The third-order valence-corrected chi connectivity index (χ3v) is 6.44. The van der Waals surface area contributed by atoms with E-state index in [2.05, 4.69) is 32.5 Å². The summed E-state index contributed by atoms with van der Waals surface area (Å²) in [6, 6.07) is 19.7. The number of hydrogen-bond acceptors (Lipinski definition) is 7. The third-order valence-electron chi connectivity index (χ3n) is 6.44. The minimum Gasteiger partial charge on any atom is -0.493 e. The number of fused-ring (bicyclic) bond motifs is 1. The Morgan fingerprint density at radius 1 is 1.00 bits per heavy atom. The number of ether oxygens (including phenoxy) is 2. The van der Waals surface area contributed by atoms with Crippen molar-refractivity contribution in [2.45, 2.75) is 19.4 Å². The summed E-state index contributed by atoms with van der Waals surface area (Å²) in [4.78, 5) is 19.6. The standard InChI is InChI=1S/C27H28N4O4/c1-33-23-10-8-21(16-24(23)34-2)26-29-25(35-30-26)17-31-13-11-19(12-14-31)27(32)28-22-9-7-18-5-3-4-6-20(18)15-22/h3-10,15-16,19H,11-14,17H2,1-2H3,(H,28,32). The summed E-state index contributed by atoms with van der Waals surface area (Å²) in [7, 11) is 3.19. The molecule has 0 radical (unpaired) electrons. The van der Waals surface area contributed by atoms with Crippen LogP contribution in [0.1, 0.15) is 18.7 Å². The molecule has 0 atom stereocenters. The summed E-state index contributed by atoms with van der Waals surface area (Å²) >= 11 is 0. The Bertz CT molecular complexity index is 1330. The van der Waals surface area contributed by atoms with Crippen LogP contribution in [0.15, 0.2) is 65.2 Å². The fourth-order valence-electron chi connectivity index (χ4n) is 4.47. The Balaban J connectivity index is 1.15. The number of anilines is 1. The van der Waals surface area contributed by atoms with Crippen LogP contribution < -0.4 is 14.8 Å². The monoisotopic (exact) mass is 472 g/mol. The first-order valence-electron chi connectivity index (χ1n) is 11.7. The average Bonchev–Trinajstić information content (AvgIpc) is 3.37. The summed E-state index contributed by atoms with van der Waals surface area (Å²) in [5, 5.41) is 9.49. The molecule has 8 heteroatoms. The van der Waals surface area contributed by atoms with Crippen molar-refractivity contribution in [3.05, 3.63) is 66.6 Å². The lowest BCUT2D eigenvalue weighted by atomic mass is 9.95. The van der Waals surface area contributed by atoms with Crippen LogP contribution in [0.4, 0.5) is 5.69 Å². The molecule has 1 aliphatic rings. The highest BCUT2D eigenvalue weighted by atomic mass is 16.5. The highest BCUT2D eigenvalue weighted by Crippen LogP contribution is 2.31. The van der Waals surface area contributed by atoms with Gasteiger partial charge in [0.2, 0.25) is 17.6 Å². The van der Waals surface area contributed by atoms with Crippen LogP contribution >= 0.6 is 0 Å². The first kappa shape index (κ1) is 22.9. The number of aromatic nitrogens is 2. The zero-order valence-electron chi connectivity index (χ0n) is 19.9. The number of hydrogen-bond donors (Lipinski definition) is 1. The highest BCUT2D eigenvalue weighted by molar-refractivity contribution is 5.95. The van der Waals surface area contributed by atoms with Gasteiger partial charge in [0.15, 0.2) is 11.5 Å². The average molecular weight is 473 g/mol. The van der Waals surface area contributed by atoms with Crippen molar-refractivity contribution in [1.29, 1.82) is 0 Å². The number of amides is 1. The first-order chi connectivity index (χ1) is 17.1. The van der Waals surface area contributed by atoms with Gasteiger partial charge in [-0.15, -0.1) is 0 Å². The van der Waals surface area contributed by atoms with Gasteiger partial charge >= 0.3 is 0 Å². The van der Waals surface area contributed by atoms with Crippen LogP contribution in [0.25, 0.3) is 22.2 Å². The molecule has 35 heavy (non-hydrogen) atoms. The molecule has 1 saturated heterocycles. The largest absolute Gasteiger partial charge is 0.493 e. The molecule has 0 bridgehead atoms. The van der Waals surface area contributed by atoms with Gasteiger partial charge in [0.25, 0.3) is 0 Å². The Morgan fingerprint density at radius 2 is 1.77 bits per heavy atom. The Hall–Kier alpha value is -3.91. The van der Waals surface area contributed by atoms with Crippen LogP contribution in [-0.4, -0.2) is 48.3 Å². The van der Waals surface area contributed by atoms with Crippen molar-refractivity contribution >= 4 is 22.4 Å². The van der Waals surface area contributed by atoms with Crippen molar-refractivity contribution in [3.8, 4) is 22.9 Å². The number of piperidine rings is 1. The van der Waals surface area contributed by atoms with Crippen LogP contribution in [0.2, 0.25) is 0 Å². The normalized spacial score (nSPS) is 14.7. The van der Waals surface area contributed by atoms with E-state index in [0.717, 1.165) is 48.0 Å². The minimum absolute atomic E-state index is 0.0114. The van der Waals surface area contributed by atoms with Crippen molar-refractivity contribution < 1.29 is 18.8 Å². The second kappa shape index (κ2) is 10.1. The van der Waals surface area contributed by atoms with Gasteiger partial charge in [0.05, 0.1) is 20.8 Å². The SMILES string of the molecule is COc1ccc(-c2noc(CN3CCC(C(=O)Nc4ccc5ccccc5c4)CC3)n2)cc1OC. The number of carbonyl (C=O) groups excluding carboxylic acids is 1. The van der Waals surface area contributed by atoms with E-state index in [-0.39, 0.29) is 11.8 Å². The molecule has 0 saturated carbocycles. The molecule has 0 spiro atoms. The van der Waals surface area contributed by atoms with Crippen LogP contribution in [-0.2, 0) is 11.3 Å². The zero-order valence-corrected chi connectivity index (χ0v) is 19.9. The smallest absolute Gasteiger partial charge is 0.241 e. The van der Waals surface area contributed by atoms with Crippen molar-refractivity contribution in [1.82, 2.24) is 15.0 Å². The van der Waals surface area contributed by atoms with Gasteiger partial charge in [0, 0.05) is 17.2 Å². The molecule has 1 fully saturated rings. The van der Waals surface area contributed by atoms with Crippen molar-refractivity contribution in [2.75, 3.05) is 32.6 Å². The van der Waals surface area contributed by atoms with Gasteiger partial charge in [-0.3, -0.25) is 9.69 Å². The molecule has 1 aliphatic heterocycles. The molecule has 180 valence electrons. The second-order valence-corrected chi connectivity index (χ2v) is 8.68.